The van der Waals surface area contributed by atoms with Crippen molar-refractivity contribution in [1.82, 2.24) is 35.5 Å². The first-order valence-electron chi connectivity index (χ1n) is 26.4. The first-order chi connectivity index (χ1) is 33.5. The lowest BCUT2D eigenvalue weighted by atomic mass is 10.1. The van der Waals surface area contributed by atoms with Crippen molar-refractivity contribution in [2.24, 2.45) is 0 Å². The number of nitrogens with one attached hydrogen (secondary N) is 4. The van der Waals surface area contributed by atoms with Crippen LogP contribution in [0.25, 0.3) is 11.2 Å². The number of nitrogens with two attached hydrogens (primary N) is 1. The van der Waals surface area contributed by atoms with Crippen molar-refractivity contribution in [3.63, 3.8) is 0 Å². The maximum atomic E-state index is 12.9. The molecule has 20 heteroatoms. The molecule has 0 spiro atoms. The van der Waals surface area contributed by atoms with Crippen LogP contribution in [0.1, 0.15) is 206 Å². The molecule has 2 aromatic rings. The fraction of sp³-hybridized carbons (Fsp3) is 0.837. The van der Waals surface area contributed by atoms with E-state index in [1.54, 1.807) is 4.57 Å². The highest BCUT2D eigenvalue weighted by Crippen LogP contribution is 2.41. The van der Waals surface area contributed by atoms with Crippen LogP contribution in [0.2, 0.25) is 0 Å². The van der Waals surface area contributed by atoms with Gasteiger partial charge in [-0.05, 0) is 25.7 Å². The van der Waals surface area contributed by atoms with E-state index in [4.69, 9.17) is 40.8 Å². The van der Waals surface area contributed by atoms with Crippen molar-refractivity contribution >= 4 is 53.5 Å². The van der Waals surface area contributed by atoms with E-state index in [9.17, 15) is 24.1 Å². The van der Waals surface area contributed by atoms with Crippen LogP contribution < -0.4 is 32.1 Å². The number of unbranched alkanes of at least 4 members (excludes halogenated alkanes) is 23. The average molecular weight is 1010 g/mol. The third-order valence-corrected chi connectivity index (χ3v) is 14.2. The smallest absolute Gasteiger partial charge is 0.407 e. The Labute approximate surface area is 417 Å². The zero-order valence-electron chi connectivity index (χ0n) is 42.3. The molecular formula is C49H88N8O10PS-. The number of methoxy groups -OCH3 is 1. The van der Waals surface area contributed by atoms with Crippen LogP contribution in [0, 0.1) is 0 Å². The van der Waals surface area contributed by atoms with Gasteiger partial charge in [0.2, 0.25) is 17.8 Å². The summed E-state index contributed by atoms with van der Waals surface area (Å²) in [4.78, 5) is 74.2. The Hall–Kier alpha value is -3.19. The molecule has 6 N–H and O–H groups in total. The number of ether oxygens (including phenoxy) is 3. The lowest BCUT2D eigenvalue weighted by Gasteiger charge is -2.29. The first-order valence-corrected chi connectivity index (χ1v) is 29.0. The number of fused-ring (bicyclic) bond motifs is 1. The summed E-state index contributed by atoms with van der Waals surface area (Å²) in [6.07, 6.45) is 28.9. The molecule has 1 aliphatic rings. The molecule has 1 aliphatic heterocycles. The number of nitrogen functional groups attached to an aromatic ring is 1. The van der Waals surface area contributed by atoms with Gasteiger partial charge in [-0.3, -0.25) is 23.9 Å². The zero-order chi connectivity index (χ0) is 50.0. The normalized spacial score (nSPS) is 16.8. The molecule has 0 bridgehead atoms. The molecule has 2 aromatic heterocycles. The van der Waals surface area contributed by atoms with E-state index < -0.39 is 42.9 Å². The Morgan fingerprint density at radius 3 is 1.84 bits per heavy atom. The van der Waals surface area contributed by atoms with Crippen LogP contribution >= 0.6 is 6.72 Å². The van der Waals surface area contributed by atoms with Gasteiger partial charge < -0.3 is 49.8 Å². The Kier molecular flexibility index (Phi) is 32.0. The molecule has 1 saturated heterocycles. The molecule has 0 radical (unpaired) electrons. The van der Waals surface area contributed by atoms with E-state index in [1.165, 1.54) is 116 Å². The van der Waals surface area contributed by atoms with Crippen molar-refractivity contribution in [2.45, 2.75) is 225 Å². The van der Waals surface area contributed by atoms with E-state index in [0.29, 0.717) is 38.6 Å². The van der Waals surface area contributed by atoms with E-state index in [1.807, 2.05) is 0 Å². The molecule has 3 rings (SSSR count). The van der Waals surface area contributed by atoms with Gasteiger partial charge >= 0.3 is 6.09 Å². The highest BCUT2D eigenvalue weighted by Gasteiger charge is 2.38. The second-order valence-electron chi connectivity index (χ2n) is 18.5. The number of imidazole rings is 1. The Balaban J connectivity index is 1.30. The van der Waals surface area contributed by atoms with Crippen molar-refractivity contribution in [3.8, 4) is 0 Å². The molecule has 4 atom stereocenters. The van der Waals surface area contributed by atoms with Crippen molar-refractivity contribution < 1.29 is 42.5 Å². The number of H-pyrrole nitrogens is 1. The summed E-state index contributed by atoms with van der Waals surface area (Å²) >= 11 is 5.14. The summed E-state index contributed by atoms with van der Waals surface area (Å²) in [6.45, 7) is 1.22. The molecule has 396 valence electrons. The number of hydrogen-bond donors (Lipinski definition) is 5. The van der Waals surface area contributed by atoms with Crippen LogP contribution in [0.4, 0.5) is 10.7 Å². The van der Waals surface area contributed by atoms with Gasteiger partial charge in [0, 0.05) is 32.9 Å². The van der Waals surface area contributed by atoms with Gasteiger partial charge in [-0.25, -0.2) is 9.78 Å². The number of carbonyl (C=O) groups is 3. The minimum absolute atomic E-state index is 0.0488. The molecule has 69 heavy (non-hydrogen) atoms. The van der Waals surface area contributed by atoms with E-state index in [0.717, 1.165) is 51.4 Å². The summed E-state index contributed by atoms with van der Waals surface area (Å²) < 4.78 is 29.9. The van der Waals surface area contributed by atoms with Crippen molar-refractivity contribution in [2.75, 3.05) is 45.7 Å². The lowest BCUT2D eigenvalue weighted by molar-refractivity contribution is -0.210. The molecule has 0 aromatic carbocycles. The second-order valence-corrected chi connectivity index (χ2v) is 21.3. The van der Waals surface area contributed by atoms with Gasteiger partial charge in [0.25, 0.3) is 5.56 Å². The molecule has 18 nitrogen and oxygen atoms in total. The van der Waals surface area contributed by atoms with Crippen LogP contribution in [0.3, 0.4) is 0 Å². The van der Waals surface area contributed by atoms with E-state index in [2.05, 4.69) is 44.7 Å². The predicted octanol–water partition coefficient (Wildman–Crippen LogP) is 8.91. The van der Waals surface area contributed by atoms with Crippen molar-refractivity contribution in [3.05, 3.63) is 16.7 Å². The van der Waals surface area contributed by atoms with Gasteiger partial charge in [-0.15, -0.1) is 0 Å². The maximum Gasteiger partial charge on any atom is 0.407 e. The number of hydrogen-bond acceptors (Lipinski definition) is 14. The topological polar surface area (TPSA) is 246 Å². The lowest BCUT2D eigenvalue weighted by Crippen LogP contribution is -2.44. The Bertz CT molecular complexity index is 1780. The monoisotopic (exact) mass is 1010 g/mol. The SMILES string of the molecule is CCCCCCCCCCCCCC(=O)NCC(CNC(=O)CCCCCCCCCCCCC)OC(=O)NCCCCCCOP([O-])(=S)OCC1OC(n2cnc3c(=O)[nH]c(N)nc32)CC1OC. The largest absolute Gasteiger partial charge is 0.780 e. The van der Waals surface area contributed by atoms with Gasteiger partial charge in [0.1, 0.15) is 25.2 Å². The average Bonchev–Trinajstić information content (AvgIpc) is 3.95. The van der Waals surface area contributed by atoms with Crippen molar-refractivity contribution in [1.29, 1.82) is 0 Å². The summed E-state index contributed by atoms with van der Waals surface area (Å²) in [5.74, 6) is -0.222. The number of aromatic amines is 1. The highest BCUT2D eigenvalue weighted by atomic mass is 32.5. The standard InChI is InChI=1S/C49H89N8O10PS/c1-4-6-8-10-12-14-16-18-20-22-26-30-42(58)52-35-39(36-53-43(59)31-27-23-21-19-17-15-13-11-9-7-5-2)66-49(61)51-32-28-24-25-29-33-64-68(62,69)65-37-41-40(63-3)34-44(67-41)57-38-54-45-46(57)55-48(50)56-47(45)60/h38-41,44H,4-37H2,1-3H3,(H,51,61)(H,52,58)(H,53,59)(H,62,69)(H3,50,55,56,60)/p-1. The molecule has 4 unspecified atom stereocenters. The minimum Gasteiger partial charge on any atom is -0.780 e. The number of nitrogens with zero attached hydrogens (tertiary/aromatic N) is 3. The van der Waals surface area contributed by atoms with Gasteiger partial charge in [0.05, 0.1) is 38.7 Å². The number of anilines is 1. The van der Waals surface area contributed by atoms with Crippen LogP contribution in [0.15, 0.2) is 11.1 Å². The van der Waals surface area contributed by atoms with E-state index in [-0.39, 0.29) is 55.2 Å². The maximum absolute atomic E-state index is 12.9. The zero-order valence-corrected chi connectivity index (χ0v) is 44.0. The number of aromatic nitrogens is 4. The van der Waals surface area contributed by atoms with Crippen LogP contribution in [-0.2, 0) is 44.7 Å². The Morgan fingerprint density at radius 2 is 1.30 bits per heavy atom. The summed E-state index contributed by atoms with van der Waals surface area (Å²) in [5, 5.41) is 8.61. The fourth-order valence-electron chi connectivity index (χ4n) is 8.45. The molecule has 1 fully saturated rings. The summed E-state index contributed by atoms with van der Waals surface area (Å²) in [6, 6.07) is 0. The third-order valence-electron chi connectivity index (χ3n) is 12.6. The van der Waals surface area contributed by atoms with Crippen LogP contribution in [-0.4, -0.2) is 95.7 Å². The third kappa shape index (κ3) is 26.7. The molecular weight excluding hydrogens is 924 g/mol. The first kappa shape index (κ1) is 60.1. The van der Waals surface area contributed by atoms with Gasteiger partial charge in [-0.1, -0.05) is 167 Å². The Morgan fingerprint density at radius 1 is 0.797 bits per heavy atom. The van der Waals surface area contributed by atoms with Crippen LogP contribution in [0.5, 0.6) is 0 Å². The minimum atomic E-state index is -3.83. The van der Waals surface area contributed by atoms with Gasteiger partial charge in [0.15, 0.2) is 11.2 Å². The molecule has 0 aliphatic carbocycles. The summed E-state index contributed by atoms with van der Waals surface area (Å²) in [7, 11) is 1.53. The summed E-state index contributed by atoms with van der Waals surface area (Å²) in [5.41, 5.74) is 5.66. The number of carbonyl (C=O) groups excluding carboxylic acids is 3. The fourth-order valence-corrected chi connectivity index (χ4v) is 9.62. The van der Waals surface area contributed by atoms with Gasteiger partial charge in [-0.2, -0.15) is 4.98 Å². The molecule has 3 amide bonds. The second kappa shape index (κ2) is 36.7. The number of alkyl carbamates (subject to hydrolysis) is 1. The highest BCUT2D eigenvalue weighted by molar-refractivity contribution is 8.06. The van der Waals surface area contributed by atoms with E-state index >= 15 is 0 Å². The number of amides is 3. The molecule has 0 saturated carbocycles. The molecule has 3 heterocycles. The predicted molar refractivity (Wildman–Crippen MR) is 273 cm³/mol. The quantitative estimate of drug-likeness (QED) is 0.0308. The number of rotatable bonds is 42.